The average Bonchev–Trinajstić information content (AvgIpc) is 3.39. The zero-order chi connectivity index (χ0) is 25.7. The molecule has 6 aromatic rings. The van der Waals surface area contributed by atoms with Crippen LogP contribution in [0.4, 0.5) is 0 Å². The van der Waals surface area contributed by atoms with Crippen molar-refractivity contribution in [3.8, 4) is 0 Å². The molecule has 7 rings (SSSR count). The maximum Gasteiger partial charge on any atom is 0.388 e. The van der Waals surface area contributed by atoms with E-state index < -0.39 is 13.8 Å². The topological polar surface area (TPSA) is 57.1 Å². The number of ether oxygens (including phenoxy) is 1. The normalized spacial score (nSPS) is 15.7. The quantitative estimate of drug-likeness (QED) is 0.234. The van der Waals surface area contributed by atoms with Crippen molar-refractivity contribution < 1.29 is 17.7 Å². The number of nitrogens with zero attached hydrogens (tertiary/aromatic N) is 1. The number of rotatable bonds is 4. The van der Waals surface area contributed by atoms with Gasteiger partial charge < -0.3 is 13.1 Å². The summed E-state index contributed by atoms with van der Waals surface area (Å²) in [5.74, 6) is 0.636. The Labute approximate surface area is 220 Å². The zero-order valence-corrected chi connectivity index (χ0v) is 22.0. The summed E-state index contributed by atoms with van der Waals surface area (Å²) in [4.78, 5) is 4.86. The molecule has 1 aliphatic rings. The molecule has 5 aromatic carbocycles. The molecule has 0 spiro atoms. The number of fused-ring (bicyclic) bond motifs is 7. The van der Waals surface area contributed by atoms with Crippen molar-refractivity contribution >= 4 is 57.6 Å². The first-order valence-corrected chi connectivity index (χ1v) is 13.8. The van der Waals surface area contributed by atoms with Crippen molar-refractivity contribution in [3.05, 3.63) is 109 Å². The molecule has 0 bridgehead atoms. The van der Waals surface area contributed by atoms with Crippen LogP contribution in [0.25, 0.3) is 43.5 Å². The number of benzene rings is 5. The van der Waals surface area contributed by atoms with Gasteiger partial charge in [-0.3, -0.25) is 4.52 Å². The van der Waals surface area contributed by atoms with E-state index in [4.69, 9.17) is 22.6 Å². The predicted octanol–water partition coefficient (Wildman–Crippen LogP) is 8.65. The summed E-state index contributed by atoms with van der Waals surface area (Å²) in [6.07, 6.45) is 0. The van der Waals surface area contributed by atoms with Gasteiger partial charge in [0, 0.05) is 16.3 Å². The highest BCUT2D eigenvalue weighted by atomic mass is 31.1. The molecule has 0 aliphatic carbocycles. The summed E-state index contributed by atoms with van der Waals surface area (Å²) in [5, 5.41) is 6.57. The van der Waals surface area contributed by atoms with E-state index in [0.29, 0.717) is 12.5 Å². The first-order valence-electron chi connectivity index (χ1n) is 12.7. The van der Waals surface area contributed by atoms with Gasteiger partial charge in [-0.1, -0.05) is 78.9 Å². The monoisotopic (exact) mass is 519 g/mol. The van der Waals surface area contributed by atoms with Gasteiger partial charge in [0.25, 0.3) is 0 Å². The molecule has 0 saturated heterocycles. The molecular weight excluding hydrogens is 493 g/mol. The molecule has 1 atom stereocenters. The van der Waals surface area contributed by atoms with Crippen molar-refractivity contribution in [1.29, 1.82) is 0 Å². The summed E-state index contributed by atoms with van der Waals surface area (Å²) in [6, 6.07) is 34.7. The standard InChI is InChI=1S/C32H26NO4P/c1-32(2,28-20-34-31(33-28)23-12-4-3-5-13-23)37-38-35-26-18-16-21-10-6-8-14-24(21)29(26)30-25-15-9-7-11-22(25)17-19-27(30)36-38/h3-19,28H,20H2,1-2H3/t28-/m0/s1. The number of hydrogen-bond acceptors (Lipinski definition) is 5. The molecule has 38 heavy (non-hydrogen) atoms. The van der Waals surface area contributed by atoms with Crippen LogP contribution in [0.3, 0.4) is 0 Å². The van der Waals surface area contributed by atoms with E-state index in [-0.39, 0.29) is 6.04 Å². The van der Waals surface area contributed by atoms with E-state index in [1.165, 1.54) is 0 Å². The summed E-state index contributed by atoms with van der Waals surface area (Å²) < 4.78 is 25.6. The lowest BCUT2D eigenvalue weighted by molar-refractivity contribution is 0.110. The van der Waals surface area contributed by atoms with Crippen molar-refractivity contribution in [2.45, 2.75) is 25.5 Å². The maximum absolute atomic E-state index is 6.60. The Morgan fingerprint density at radius 1 is 0.711 bits per heavy atom. The van der Waals surface area contributed by atoms with Crippen LogP contribution in [0.2, 0.25) is 0 Å². The van der Waals surface area contributed by atoms with Crippen molar-refractivity contribution in [3.63, 3.8) is 0 Å². The van der Waals surface area contributed by atoms with Crippen molar-refractivity contribution in [1.82, 2.24) is 0 Å². The van der Waals surface area contributed by atoms with E-state index in [0.717, 1.165) is 49.0 Å². The first-order chi connectivity index (χ1) is 18.6. The lowest BCUT2D eigenvalue weighted by Crippen LogP contribution is -2.41. The maximum atomic E-state index is 6.60. The molecule has 2 heterocycles. The van der Waals surface area contributed by atoms with E-state index in [1.54, 1.807) is 0 Å². The fourth-order valence-electron chi connectivity index (χ4n) is 5.11. The highest BCUT2D eigenvalue weighted by Gasteiger charge is 2.37. The Morgan fingerprint density at radius 2 is 1.26 bits per heavy atom. The second-order valence-electron chi connectivity index (χ2n) is 10.0. The minimum atomic E-state index is -1.78. The molecule has 188 valence electrons. The van der Waals surface area contributed by atoms with Crippen LogP contribution in [0, 0.1) is 0 Å². The van der Waals surface area contributed by atoms with E-state index in [9.17, 15) is 0 Å². The Kier molecular flexibility index (Phi) is 5.50. The Balaban J connectivity index is 1.41. The molecule has 5 nitrogen and oxygen atoms in total. The molecular formula is C32H26NO4P. The molecule has 0 radical (unpaired) electrons. The highest BCUT2D eigenvalue weighted by Crippen LogP contribution is 2.42. The summed E-state index contributed by atoms with van der Waals surface area (Å²) in [5.41, 5.74) is 1.76. The lowest BCUT2D eigenvalue weighted by Gasteiger charge is -2.26. The zero-order valence-electron chi connectivity index (χ0n) is 21.1. The largest absolute Gasteiger partial charge is 0.475 e. The van der Waals surface area contributed by atoms with Gasteiger partial charge >= 0.3 is 8.24 Å². The average molecular weight is 520 g/mol. The molecule has 0 fully saturated rings. The second kappa shape index (κ2) is 9.05. The van der Waals surface area contributed by atoms with E-state index in [2.05, 4.69) is 60.7 Å². The van der Waals surface area contributed by atoms with Gasteiger partial charge in [-0.05, 0) is 59.7 Å². The summed E-state index contributed by atoms with van der Waals surface area (Å²) in [6.45, 7) is 4.46. The third-order valence-electron chi connectivity index (χ3n) is 7.16. The fraction of sp³-hybridized carbons (Fsp3) is 0.156. The van der Waals surface area contributed by atoms with Crippen LogP contribution >= 0.6 is 8.24 Å². The van der Waals surface area contributed by atoms with E-state index >= 15 is 0 Å². The molecule has 0 saturated carbocycles. The Bertz CT molecular complexity index is 1790. The Hall–Kier alpha value is -4.05. The van der Waals surface area contributed by atoms with Crippen molar-refractivity contribution in [2.75, 3.05) is 6.61 Å². The van der Waals surface area contributed by atoms with Gasteiger partial charge in [0.05, 0.1) is 0 Å². The third kappa shape index (κ3) is 3.96. The fourth-order valence-corrected chi connectivity index (χ4v) is 6.35. The molecule has 1 aliphatic heterocycles. The molecule has 0 unspecified atom stereocenters. The van der Waals surface area contributed by atoms with Gasteiger partial charge in [-0.15, -0.1) is 0 Å². The van der Waals surface area contributed by atoms with Crippen LogP contribution in [-0.2, 0) is 4.74 Å². The number of aliphatic imine (C=N–C) groups is 1. The van der Waals surface area contributed by atoms with Crippen LogP contribution < -0.4 is 4.52 Å². The van der Waals surface area contributed by atoms with Crippen LogP contribution in [0.1, 0.15) is 19.4 Å². The summed E-state index contributed by atoms with van der Waals surface area (Å²) in [7, 11) is -1.78. The van der Waals surface area contributed by atoms with Gasteiger partial charge in [0.2, 0.25) is 5.90 Å². The van der Waals surface area contributed by atoms with Crippen LogP contribution in [0.5, 0.6) is 0 Å². The van der Waals surface area contributed by atoms with E-state index in [1.807, 2.05) is 56.3 Å². The van der Waals surface area contributed by atoms with Gasteiger partial charge in [0.1, 0.15) is 29.4 Å². The third-order valence-corrected chi connectivity index (χ3v) is 8.47. The van der Waals surface area contributed by atoms with Crippen molar-refractivity contribution in [2.24, 2.45) is 4.99 Å². The van der Waals surface area contributed by atoms with Crippen LogP contribution in [0.15, 0.2) is 117 Å². The van der Waals surface area contributed by atoms with Crippen LogP contribution in [-0.4, -0.2) is 24.1 Å². The lowest BCUT2D eigenvalue weighted by atomic mass is 9.99. The second-order valence-corrected chi connectivity index (χ2v) is 11.0. The smallest absolute Gasteiger partial charge is 0.388 e. The summed E-state index contributed by atoms with van der Waals surface area (Å²) >= 11 is 0. The van der Waals surface area contributed by atoms with Gasteiger partial charge in [-0.2, -0.15) is 0 Å². The number of hydrogen-bond donors (Lipinski definition) is 0. The first kappa shape index (κ1) is 23.1. The minimum absolute atomic E-state index is 0.206. The highest BCUT2D eigenvalue weighted by molar-refractivity contribution is 7.31. The van der Waals surface area contributed by atoms with Gasteiger partial charge in [0.15, 0.2) is 0 Å². The Morgan fingerprint density at radius 3 is 1.87 bits per heavy atom. The SMILES string of the molecule is CC(C)(Op1oc2ccc3ccccc3c2c2c(ccc3ccccc32)o1)[C@@H]1COC(c2ccccc2)=N1. The molecule has 0 N–H and O–H groups in total. The molecule has 1 aromatic heterocycles. The van der Waals surface area contributed by atoms with Gasteiger partial charge in [-0.25, -0.2) is 4.99 Å². The minimum Gasteiger partial charge on any atom is -0.475 e. The predicted molar refractivity (Wildman–Crippen MR) is 155 cm³/mol. The molecule has 6 heteroatoms. The molecule has 0 amide bonds.